The third-order valence-corrected chi connectivity index (χ3v) is 3.83. The van der Waals surface area contributed by atoms with E-state index in [1.54, 1.807) is 11.9 Å². The van der Waals surface area contributed by atoms with Crippen molar-refractivity contribution in [1.82, 2.24) is 4.90 Å². The predicted molar refractivity (Wildman–Crippen MR) is 73.0 cm³/mol. The summed E-state index contributed by atoms with van der Waals surface area (Å²) in [7, 11) is 1.74. The van der Waals surface area contributed by atoms with Crippen LogP contribution < -0.4 is 9.96 Å². The average molecular weight is 298 g/mol. The quantitative estimate of drug-likeness (QED) is 0.834. The van der Waals surface area contributed by atoms with Crippen LogP contribution in [0, 0.1) is 5.82 Å². The van der Waals surface area contributed by atoms with Crippen LogP contribution in [0.2, 0.25) is 0 Å². The number of benzene rings is 1. The molecule has 0 bridgehead atoms. The van der Waals surface area contributed by atoms with Crippen molar-refractivity contribution >= 4 is 11.6 Å². The molecule has 0 spiro atoms. The number of hydrogen-bond acceptors (Lipinski definition) is 5. The second-order valence-electron chi connectivity index (χ2n) is 5.24. The number of halogens is 1. The zero-order valence-corrected chi connectivity index (χ0v) is 12.0. The highest BCUT2D eigenvalue weighted by Gasteiger charge is 2.30. The molecule has 0 radical (unpaired) electrons. The molecule has 2 rings (SSSR count). The number of amides is 1. The zero-order valence-electron chi connectivity index (χ0n) is 12.0. The molecule has 1 aliphatic rings. The smallest absolute Gasteiger partial charge is 0.219 e. The van der Waals surface area contributed by atoms with Gasteiger partial charge in [-0.1, -0.05) is 0 Å². The van der Waals surface area contributed by atoms with E-state index in [9.17, 15) is 9.18 Å². The van der Waals surface area contributed by atoms with E-state index in [0.717, 1.165) is 25.0 Å². The summed E-state index contributed by atoms with van der Waals surface area (Å²) in [5.74, 6) is -0.467. The van der Waals surface area contributed by atoms with Gasteiger partial charge in [0.1, 0.15) is 17.6 Å². The first-order valence-electron chi connectivity index (χ1n) is 6.76. The van der Waals surface area contributed by atoms with Crippen LogP contribution in [0.1, 0.15) is 26.2 Å². The molecule has 0 aliphatic heterocycles. The molecule has 7 heteroatoms. The highest BCUT2D eigenvalue weighted by molar-refractivity contribution is 5.73. The van der Waals surface area contributed by atoms with E-state index in [4.69, 9.17) is 15.2 Å². The minimum absolute atomic E-state index is 0.0102. The maximum Gasteiger partial charge on any atom is 0.219 e. The first-order chi connectivity index (χ1) is 9.88. The molecule has 1 fully saturated rings. The number of hydrogen-bond donors (Lipinski definition) is 2. The normalized spacial score (nSPS) is 21.2. The Balaban J connectivity index is 2.06. The predicted octanol–water partition coefficient (Wildman–Crippen LogP) is 2.19. The summed E-state index contributed by atoms with van der Waals surface area (Å²) in [4.78, 5) is 13.0. The number of anilines is 1. The summed E-state index contributed by atoms with van der Waals surface area (Å²) in [6, 6.07) is 3.53. The van der Waals surface area contributed by atoms with E-state index >= 15 is 0 Å². The summed E-state index contributed by atoms with van der Waals surface area (Å²) in [5, 5.41) is 18.1. The Morgan fingerprint density at radius 1 is 1.38 bits per heavy atom. The summed E-state index contributed by atoms with van der Waals surface area (Å²) in [5.41, 5.74) is -0.0280. The maximum absolute atomic E-state index is 13.3. The molecule has 1 aromatic rings. The Hall–Kier alpha value is -1.86. The lowest BCUT2D eigenvalue weighted by atomic mass is 10.2. The number of ether oxygens (including phenoxy) is 1. The molecule has 0 saturated heterocycles. The molecule has 1 aromatic carbocycles. The summed E-state index contributed by atoms with van der Waals surface area (Å²) in [6.45, 7) is 1.51. The van der Waals surface area contributed by atoms with Gasteiger partial charge >= 0.3 is 0 Å². The molecule has 0 aromatic heterocycles. The fraction of sp³-hybridized carbons (Fsp3) is 0.500. The van der Waals surface area contributed by atoms with Crippen molar-refractivity contribution in [2.45, 2.75) is 38.3 Å². The lowest BCUT2D eigenvalue weighted by molar-refractivity contribution is -0.129. The van der Waals surface area contributed by atoms with E-state index in [1.165, 1.54) is 13.0 Å². The van der Waals surface area contributed by atoms with Crippen molar-refractivity contribution in [2.24, 2.45) is 0 Å². The van der Waals surface area contributed by atoms with E-state index in [1.807, 2.05) is 0 Å². The Morgan fingerprint density at radius 2 is 2.10 bits per heavy atom. The minimum atomic E-state index is -0.522. The number of rotatable bonds is 4. The van der Waals surface area contributed by atoms with Gasteiger partial charge in [-0.3, -0.25) is 15.2 Å². The number of carbonyl (C=O) groups is 1. The first-order valence-corrected chi connectivity index (χ1v) is 6.76. The molecule has 6 nitrogen and oxygen atoms in total. The van der Waals surface area contributed by atoms with E-state index in [0.29, 0.717) is 6.42 Å². The fourth-order valence-electron chi connectivity index (χ4n) is 2.56. The molecule has 0 heterocycles. The van der Waals surface area contributed by atoms with Crippen molar-refractivity contribution in [3.8, 4) is 5.75 Å². The van der Waals surface area contributed by atoms with Crippen LogP contribution in [-0.2, 0) is 4.79 Å². The lowest BCUT2D eigenvalue weighted by Gasteiger charge is -2.23. The molecule has 2 N–H and O–H groups in total. The Morgan fingerprint density at radius 3 is 2.71 bits per heavy atom. The van der Waals surface area contributed by atoms with Gasteiger partial charge in [-0.05, 0) is 25.0 Å². The molecule has 1 amide bonds. The van der Waals surface area contributed by atoms with Gasteiger partial charge in [0.25, 0.3) is 0 Å². The van der Waals surface area contributed by atoms with Gasteiger partial charge in [-0.25, -0.2) is 4.39 Å². The van der Waals surface area contributed by atoms with E-state index in [-0.39, 0.29) is 34.7 Å². The van der Waals surface area contributed by atoms with Gasteiger partial charge in [-0.2, -0.15) is 0 Å². The van der Waals surface area contributed by atoms with Crippen LogP contribution in [-0.4, -0.2) is 40.4 Å². The Labute approximate surface area is 122 Å². The SMILES string of the molecule is CC(=O)N(C)C1CCC(Oc2cc(F)ccc2N(O)O)C1. The second kappa shape index (κ2) is 6.28. The van der Waals surface area contributed by atoms with Gasteiger partial charge in [-0.15, -0.1) is 5.23 Å². The van der Waals surface area contributed by atoms with Gasteiger partial charge in [0.15, 0.2) is 5.75 Å². The molecular weight excluding hydrogens is 279 g/mol. The molecule has 1 saturated carbocycles. The lowest BCUT2D eigenvalue weighted by Crippen LogP contribution is -2.34. The van der Waals surface area contributed by atoms with E-state index in [2.05, 4.69) is 0 Å². The van der Waals surface area contributed by atoms with Crippen molar-refractivity contribution in [1.29, 1.82) is 0 Å². The van der Waals surface area contributed by atoms with Gasteiger partial charge in [0, 0.05) is 32.5 Å². The third-order valence-electron chi connectivity index (χ3n) is 3.83. The van der Waals surface area contributed by atoms with Crippen molar-refractivity contribution in [3.63, 3.8) is 0 Å². The van der Waals surface area contributed by atoms with Gasteiger partial charge in [0.2, 0.25) is 5.91 Å². The number of nitrogens with zero attached hydrogens (tertiary/aromatic N) is 2. The first kappa shape index (κ1) is 15.5. The van der Waals surface area contributed by atoms with Crippen LogP contribution in [0.5, 0.6) is 5.75 Å². The third kappa shape index (κ3) is 3.62. The Bertz CT molecular complexity index is 524. The minimum Gasteiger partial charge on any atom is -0.488 e. The number of carbonyl (C=O) groups excluding carboxylic acids is 1. The van der Waals surface area contributed by atoms with E-state index < -0.39 is 5.82 Å². The van der Waals surface area contributed by atoms with Crippen LogP contribution in [0.15, 0.2) is 18.2 Å². The molecule has 2 unspecified atom stereocenters. The molecule has 116 valence electrons. The average Bonchev–Trinajstić information content (AvgIpc) is 2.85. The summed E-state index contributed by atoms with van der Waals surface area (Å²) >= 11 is 0. The Kier molecular flexibility index (Phi) is 4.64. The summed E-state index contributed by atoms with van der Waals surface area (Å²) < 4.78 is 18.9. The highest BCUT2D eigenvalue weighted by Crippen LogP contribution is 2.33. The van der Waals surface area contributed by atoms with Crippen LogP contribution >= 0.6 is 0 Å². The maximum atomic E-state index is 13.3. The van der Waals surface area contributed by atoms with Gasteiger partial charge in [0.05, 0.1) is 0 Å². The topological polar surface area (TPSA) is 73.2 Å². The second-order valence-corrected chi connectivity index (χ2v) is 5.24. The molecule has 2 atom stereocenters. The van der Waals surface area contributed by atoms with Crippen LogP contribution in [0.4, 0.5) is 10.1 Å². The summed E-state index contributed by atoms with van der Waals surface area (Å²) in [6.07, 6.45) is 1.95. The molecule has 1 aliphatic carbocycles. The monoisotopic (exact) mass is 298 g/mol. The largest absolute Gasteiger partial charge is 0.488 e. The van der Waals surface area contributed by atoms with Crippen LogP contribution in [0.3, 0.4) is 0 Å². The highest BCUT2D eigenvalue weighted by atomic mass is 19.1. The molecule has 21 heavy (non-hydrogen) atoms. The van der Waals surface area contributed by atoms with Crippen molar-refractivity contribution in [3.05, 3.63) is 24.0 Å². The zero-order chi connectivity index (χ0) is 15.6. The standard InChI is InChI=1S/C14H19FN2O4/c1-9(18)16(2)11-4-5-12(8-11)21-14-7-10(15)3-6-13(14)17(19)20/h3,6-7,11-12,19-20H,4-5,8H2,1-2H3. The van der Waals surface area contributed by atoms with Crippen molar-refractivity contribution in [2.75, 3.05) is 12.3 Å². The van der Waals surface area contributed by atoms with Crippen molar-refractivity contribution < 1.29 is 24.3 Å². The van der Waals surface area contributed by atoms with Gasteiger partial charge < -0.3 is 9.64 Å². The molecular formula is C14H19FN2O4. The van der Waals surface area contributed by atoms with Crippen LogP contribution in [0.25, 0.3) is 0 Å². The fourth-order valence-corrected chi connectivity index (χ4v) is 2.56.